The lowest BCUT2D eigenvalue weighted by molar-refractivity contribution is 1.20. The average molecular weight is 658 g/mol. The first-order valence-corrected chi connectivity index (χ1v) is 18.2. The standard InChI is InChI=1S/C46H28B2N4/c1-3-15-31(16-4-1)51-37-23-9-7-21-35(37)47-41-40(34-20-12-14-30-25-27-49(47)44(30)34)46-42-39(45(41)51)33-19-11-13-29-26-28-50(43(29)33)48(42)36-22-8-10-24-38(36)52(46)32-17-5-2-6-18-32/h1-28H. The van der Waals surface area contributed by atoms with E-state index in [9.17, 15) is 0 Å². The highest BCUT2D eigenvalue weighted by molar-refractivity contribution is 6.93. The molecule has 0 N–H and O–H groups in total. The van der Waals surface area contributed by atoms with Gasteiger partial charge in [-0.15, -0.1) is 0 Å². The van der Waals surface area contributed by atoms with Crippen molar-refractivity contribution in [3.8, 4) is 22.3 Å². The number of hydrogen-bond donors (Lipinski definition) is 0. The molecule has 2 aromatic heterocycles. The van der Waals surface area contributed by atoms with E-state index in [1.54, 1.807) is 0 Å². The molecule has 52 heavy (non-hydrogen) atoms. The predicted molar refractivity (Wildman–Crippen MR) is 219 cm³/mol. The van der Waals surface area contributed by atoms with Gasteiger partial charge in [0.15, 0.2) is 0 Å². The van der Waals surface area contributed by atoms with E-state index in [1.807, 2.05) is 0 Å². The zero-order valence-electron chi connectivity index (χ0n) is 28.1. The van der Waals surface area contributed by atoms with E-state index in [0.29, 0.717) is 0 Å². The zero-order chi connectivity index (χ0) is 33.7. The van der Waals surface area contributed by atoms with Crippen LogP contribution in [0.4, 0.5) is 34.1 Å². The maximum atomic E-state index is 2.58. The molecule has 4 aliphatic rings. The van der Waals surface area contributed by atoms with Gasteiger partial charge in [-0.1, -0.05) is 109 Å². The fourth-order valence-electron chi connectivity index (χ4n) is 10.2. The lowest BCUT2D eigenvalue weighted by Gasteiger charge is -2.48. The van der Waals surface area contributed by atoms with Crippen LogP contribution in [0.25, 0.3) is 44.1 Å². The number of fused-ring (bicyclic) bond motifs is 10. The van der Waals surface area contributed by atoms with Crippen LogP contribution in [-0.4, -0.2) is 22.7 Å². The number of anilines is 6. The normalized spacial score (nSPS) is 14.0. The van der Waals surface area contributed by atoms with Gasteiger partial charge < -0.3 is 18.8 Å². The number of benzene rings is 7. The molecule has 4 aliphatic heterocycles. The molecule has 0 spiro atoms. The van der Waals surface area contributed by atoms with E-state index in [2.05, 4.69) is 189 Å². The summed E-state index contributed by atoms with van der Waals surface area (Å²) in [5.74, 6) is 0. The minimum atomic E-state index is -0.00345. The van der Waals surface area contributed by atoms with Crippen LogP contribution in [0, 0.1) is 0 Å². The van der Waals surface area contributed by atoms with Crippen molar-refractivity contribution in [2.45, 2.75) is 0 Å². The Balaban J connectivity index is 1.33. The maximum absolute atomic E-state index is 2.58. The molecule has 0 radical (unpaired) electrons. The molecule has 238 valence electrons. The minimum Gasteiger partial charge on any atom is -0.382 e. The van der Waals surface area contributed by atoms with Gasteiger partial charge in [-0.2, -0.15) is 0 Å². The van der Waals surface area contributed by atoms with Crippen molar-refractivity contribution in [3.63, 3.8) is 0 Å². The molecule has 0 aliphatic carbocycles. The van der Waals surface area contributed by atoms with Crippen LogP contribution in [0.2, 0.25) is 0 Å². The van der Waals surface area contributed by atoms with Gasteiger partial charge in [-0.3, -0.25) is 0 Å². The lowest BCUT2D eigenvalue weighted by atomic mass is 9.40. The van der Waals surface area contributed by atoms with Crippen molar-refractivity contribution in [2.24, 2.45) is 0 Å². The lowest BCUT2D eigenvalue weighted by Crippen LogP contribution is -2.61. The Morgan fingerprint density at radius 1 is 0.365 bits per heavy atom. The van der Waals surface area contributed by atoms with E-state index >= 15 is 0 Å². The molecule has 0 amide bonds. The van der Waals surface area contributed by atoms with Gasteiger partial charge >= 0.3 is 13.7 Å². The predicted octanol–water partition coefficient (Wildman–Crippen LogP) is 8.43. The van der Waals surface area contributed by atoms with Crippen LogP contribution in [0.15, 0.2) is 170 Å². The van der Waals surface area contributed by atoms with Crippen LogP contribution >= 0.6 is 0 Å². The minimum absolute atomic E-state index is 0.00345. The van der Waals surface area contributed by atoms with Gasteiger partial charge in [-0.05, 0) is 93.5 Å². The Bertz CT molecular complexity index is 2790. The number of rotatable bonds is 2. The largest absolute Gasteiger partial charge is 0.382 e. The zero-order valence-corrected chi connectivity index (χ0v) is 28.1. The second-order valence-electron chi connectivity index (χ2n) is 14.5. The summed E-state index contributed by atoms with van der Waals surface area (Å²) < 4.78 is 5.12. The summed E-state index contributed by atoms with van der Waals surface area (Å²) in [5, 5.41) is 2.54. The first-order chi connectivity index (χ1) is 25.9. The third kappa shape index (κ3) is 3.14. The molecule has 6 heterocycles. The van der Waals surface area contributed by atoms with E-state index in [-0.39, 0.29) is 13.7 Å². The van der Waals surface area contributed by atoms with Gasteiger partial charge in [0.25, 0.3) is 0 Å². The summed E-state index contributed by atoms with van der Waals surface area (Å²) >= 11 is 0. The number of hydrogen-bond acceptors (Lipinski definition) is 2. The fraction of sp³-hybridized carbons (Fsp3) is 0. The van der Waals surface area contributed by atoms with Gasteiger partial charge in [-0.25, -0.2) is 0 Å². The van der Waals surface area contributed by atoms with Gasteiger partial charge in [0.2, 0.25) is 0 Å². The Kier molecular flexibility index (Phi) is 4.99. The molecule has 7 aromatic carbocycles. The summed E-state index contributed by atoms with van der Waals surface area (Å²) in [6, 6.07) is 58.6. The van der Waals surface area contributed by atoms with E-state index in [4.69, 9.17) is 0 Å². The van der Waals surface area contributed by atoms with Crippen molar-refractivity contribution >= 4 is 91.5 Å². The molecule has 0 saturated carbocycles. The molecule has 9 aromatic rings. The molecule has 0 saturated heterocycles. The van der Waals surface area contributed by atoms with Crippen LogP contribution in [0.1, 0.15) is 0 Å². The number of para-hydroxylation sites is 6. The highest BCUT2D eigenvalue weighted by atomic mass is 15.2. The number of aromatic nitrogens is 2. The molecule has 0 atom stereocenters. The Labute approximate surface area is 301 Å². The molecular weight excluding hydrogens is 630 g/mol. The molecule has 6 heteroatoms. The topological polar surface area (TPSA) is 16.3 Å². The van der Waals surface area contributed by atoms with E-state index < -0.39 is 0 Å². The van der Waals surface area contributed by atoms with Crippen molar-refractivity contribution in [3.05, 3.63) is 170 Å². The van der Waals surface area contributed by atoms with E-state index in [1.165, 1.54) is 100 Å². The third-order valence-corrected chi connectivity index (χ3v) is 12.1. The molecule has 0 unspecified atom stereocenters. The summed E-state index contributed by atoms with van der Waals surface area (Å²) in [6.07, 6.45) is 4.65. The fourth-order valence-corrected chi connectivity index (χ4v) is 10.2. The molecule has 0 bridgehead atoms. The van der Waals surface area contributed by atoms with Crippen molar-refractivity contribution in [1.29, 1.82) is 0 Å². The highest BCUT2D eigenvalue weighted by Crippen LogP contribution is 2.54. The molecule has 4 nitrogen and oxygen atoms in total. The second kappa shape index (κ2) is 9.56. The first kappa shape index (κ1) is 27.1. The van der Waals surface area contributed by atoms with Crippen LogP contribution in [0.3, 0.4) is 0 Å². The van der Waals surface area contributed by atoms with Crippen LogP contribution in [0.5, 0.6) is 0 Å². The van der Waals surface area contributed by atoms with Crippen LogP contribution in [-0.2, 0) is 0 Å². The van der Waals surface area contributed by atoms with Gasteiger partial charge in [0.1, 0.15) is 0 Å². The number of nitrogens with zero attached hydrogens (tertiary/aromatic N) is 4. The summed E-state index contributed by atoms with van der Waals surface area (Å²) in [6.45, 7) is -0.00691. The average Bonchev–Trinajstić information content (AvgIpc) is 3.85. The Morgan fingerprint density at radius 3 is 1.25 bits per heavy atom. The second-order valence-corrected chi connectivity index (χ2v) is 14.5. The first-order valence-electron chi connectivity index (χ1n) is 18.2. The quantitative estimate of drug-likeness (QED) is 0.174. The summed E-state index contributed by atoms with van der Waals surface area (Å²) in [5.41, 5.74) is 20.6. The Hall–Kier alpha value is -6.65. The SMILES string of the molecule is c1ccc(N2c3ccccc3B3c4c(c5c6c(c42)-c2cccc4ccn(c24)B6c2ccccc2N5c2ccccc2)-c2cccc4ccn3c24)cc1. The summed E-state index contributed by atoms with van der Waals surface area (Å²) in [7, 11) is 0. The van der Waals surface area contributed by atoms with E-state index in [0.717, 1.165) is 0 Å². The molecule has 0 fully saturated rings. The van der Waals surface area contributed by atoms with Crippen molar-refractivity contribution in [1.82, 2.24) is 8.96 Å². The maximum Gasteiger partial charge on any atom is 0.332 e. The van der Waals surface area contributed by atoms with Crippen molar-refractivity contribution < 1.29 is 0 Å². The van der Waals surface area contributed by atoms with Crippen molar-refractivity contribution in [2.75, 3.05) is 9.80 Å². The third-order valence-electron chi connectivity index (χ3n) is 12.1. The summed E-state index contributed by atoms with van der Waals surface area (Å²) in [4.78, 5) is 5.16. The van der Waals surface area contributed by atoms with Crippen LogP contribution < -0.4 is 31.7 Å². The van der Waals surface area contributed by atoms with Gasteiger partial charge in [0.05, 0.1) is 11.4 Å². The smallest absolute Gasteiger partial charge is 0.332 e. The Morgan fingerprint density at radius 2 is 0.788 bits per heavy atom. The van der Waals surface area contributed by atoms with Gasteiger partial charge in [0, 0.05) is 56.0 Å². The monoisotopic (exact) mass is 658 g/mol. The highest BCUT2D eigenvalue weighted by Gasteiger charge is 2.51. The molecular formula is C46H28B2N4. The molecule has 13 rings (SSSR count).